The fourth-order valence-electron chi connectivity index (χ4n) is 3.97. The van der Waals surface area contributed by atoms with Gasteiger partial charge < -0.3 is 4.90 Å². The summed E-state index contributed by atoms with van der Waals surface area (Å²) in [6, 6.07) is -0.203. The second-order valence-corrected chi connectivity index (χ2v) is 10.9. The van der Waals surface area contributed by atoms with E-state index >= 15 is 0 Å². The van der Waals surface area contributed by atoms with E-state index in [0.717, 1.165) is 12.2 Å². The van der Waals surface area contributed by atoms with Crippen molar-refractivity contribution < 1.29 is 13.2 Å². The Morgan fingerprint density at radius 3 is 2.69 bits per heavy atom. The first-order chi connectivity index (χ1) is 12.4. The minimum atomic E-state index is -3.01. The minimum absolute atomic E-state index is 0.0401. The molecule has 3 rings (SSSR count). The van der Waals surface area contributed by atoms with Gasteiger partial charge in [0.05, 0.1) is 16.8 Å². The third kappa shape index (κ3) is 4.79. The van der Waals surface area contributed by atoms with Crippen LogP contribution in [0.1, 0.15) is 51.8 Å². The van der Waals surface area contributed by atoms with Gasteiger partial charge in [0, 0.05) is 19.0 Å². The number of aromatic amines is 1. The van der Waals surface area contributed by atoms with E-state index in [1.807, 2.05) is 13.8 Å². The summed E-state index contributed by atoms with van der Waals surface area (Å²) in [6.45, 7) is 4.25. The Bertz CT molecular complexity index is 728. The Balaban J connectivity index is 1.57. The van der Waals surface area contributed by atoms with Crippen LogP contribution >= 0.6 is 11.8 Å². The largest absolute Gasteiger partial charge is 0.338 e. The quantitative estimate of drug-likeness (QED) is 0.704. The smallest absolute Gasteiger partial charge is 0.236 e. The van der Waals surface area contributed by atoms with Crippen molar-refractivity contribution in [1.82, 2.24) is 20.1 Å². The Hall–Kier alpha value is -1.09. The number of sulfone groups is 1. The predicted molar refractivity (Wildman–Crippen MR) is 102 cm³/mol. The van der Waals surface area contributed by atoms with Crippen molar-refractivity contribution in [3.05, 3.63) is 5.82 Å². The maximum atomic E-state index is 12.8. The zero-order chi connectivity index (χ0) is 18.7. The topological polar surface area (TPSA) is 96.0 Å². The monoisotopic (exact) mass is 400 g/mol. The summed E-state index contributed by atoms with van der Waals surface area (Å²) in [5, 5.41) is 7.50. The van der Waals surface area contributed by atoms with Crippen molar-refractivity contribution in [2.45, 2.75) is 68.8 Å². The molecule has 1 aromatic rings. The Labute approximate surface area is 159 Å². The molecule has 0 spiro atoms. The molecule has 2 heterocycles. The number of rotatable bonds is 7. The van der Waals surface area contributed by atoms with Crippen LogP contribution in [0, 0.1) is 5.92 Å². The van der Waals surface area contributed by atoms with Gasteiger partial charge in [-0.25, -0.2) is 13.4 Å². The lowest BCUT2D eigenvalue weighted by Gasteiger charge is -2.29. The van der Waals surface area contributed by atoms with Crippen molar-refractivity contribution in [1.29, 1.82) is 0 Å². The van der Waals surface area contributed by atoms with Crippen molar-refractivity contribution in [2.24, 2.45) is 5.92 Å². The molecular formula is C17H28N4O3S2. The highest BCUT2D eigenvalue weighted by Gasteiger charge is 2.35. The molecule has 2 atom stereocenters. The van der Waals surface area contributed by atoms with Crippen molar-refractivity contribution in [3.8, 4) is 0 Å². The van der Waals surface area contributed by atoms with Crippen LogP contribution in [0.3, 0.4) is 0 Å². The summed E-state index contributed by atoms with van der Waals surface area (Å²) < 4.78 is 23.4. The van der Waals surface area contributed by atoms with Crippen LogP contribution in [0.15, 0.2) is 5.16 Å². The second-order valence-electron chi connectivity index (χ2n) is 7.36. The Morgan fingerprint density at radius 1 is 1.35 bits per heavy atom. The number of carbonyl (C=O) groups excluding carboxylic acids is 1. The molecule has 2 fully saturated rings. The van der Waals surface area contributed by atoms with Gasteiger partial charge in [-0.05, 0) is 26.2 Å². The van der Waals surface area contributed by atoms with Crippen molar-refractivity contribution in [3.63, 3.8) is 0 Å². The highest BCUT2D eigenvalue weighted by molar-refractivity contribution is 8.00. The SMILES string of the molecule is CCN(C(=O)C(C)Sc1n[nH]c(CC2CCCC2)n1)C1CCS(=O)(=O)C1. The highest BCUT2D eigenvalue weighted by Crippen LogP contribution is 2.28. The Kier molecular flexibility index (Phi) is 6.27. The first-order valence-corrected chi connectivity index (χ1v) is 12.2. The van der Waals surface area contributed by atoms with Gasteiger partial charge in [0.25, 0.3) is 0 Å². The number of aromatic nitrogens is 3. The van der Waals surface area contributed by atoms with E-state index in [1.165, 1.54) is 37.4 Å². The van der Waals surface area contributed by atoms with Crippen LogP contribution < -0.4 is 0 Å². The fraction of sp³-hybridized carbons (Fsp3) is 0.824. The van der Waals surface area contributed by atoms with E-state index in [4.69, 9.17) is 0 Å². The van der Waals surface area contributed by atoms with E-state index < -0.39 is 9.84 Å². The van der Waals surface area contributed by atoms with Crippen LogP contribution in [-0.2, 0) is 21.1 Å². The third-order valence-corrected chi connectivity index (χ3v) is 8.07. The second kappa shape index (κ2) is 8.29. The van der Waals surface area contributed by atoms with E-state index in [0.29, 0.717) is 24.0 Å². The van der Waals surface area contributed by atoms with E-state index in [1.54, 1.807) is 4.90 Å². The number of nitrogens with one attached hydrogen (secondary N) is 1. The number of amides is 1. The predicted octanol–water partition coefficient (Wildman–Crippen LogP) is 2.05. The molecule has 1 N–H and O–H groups in total. The van der Waals surface area contributed by atoms with Gasteiger partial charge >= 0.3 is 0 Å². The average Bonchev–Trinajstić information content (AvgIpc) is 3.31. The van der Waals surface area contributed by atoms with Gasteiger partial charge in [0.1, 0.15) is 5.82 Å². The first kappa shape index (κ1) is 19.7. The van der Waals surface area contributed by atoms with Gasteiger partial charge in [-0.2, -0.15) is 0 Å². The molecule has 1 amide bonds. The summed E-state index contributed by atoms with van der Waals surface area (Å²) in [5.41, 5.74) is 0. The van der Waals surface area contributed by atoms with Crippen LogP contribution in [0.2, 0.25) is 0 Å². The number of nitrogens with zero attached hydrogens (tertiary/aromatic N) is 3. The summed E-state index contributed by atoms with van der Waals surface area (Å²) in [4.78, 5) is 19.0. The maximum Gasteiger partial charge on any atom is 0.236 e. The third-order valence-electron chi connectivity index (χ3n) is 5.37. The molecule has 1 aliphatic carbocycles. The molecule has 146 valence electrons. The molecule has 1 saturated carbocycles. The van der Waals surface area contributed by atoms with Gasteiger partial charge in [0.15, 0.2) is 9.84 Å². The summed E-state index contributed by atoms with van der Waals surface area (Å²) >= 11 is 1.34. The number of thioether (sulfide) groups is 1. The van der Waals surface area contributed by atoms with Crippen molar-refractivity contribution in [2.75, 3.05) is 18.1 Å². The highest BCUT2D eigenvalue weighted by atomic mass is 32.2. The lowest BCUT2D eigenvalue weighted by molar-refractivity contribution is -0.131. The molecule has 26 heavy (non-hydrogen) atoms. The summed E-state index contributed by atoms with van der Waals surface area (Å²) in [7, 11) is -3.01. The molecule has 1 aromatic heterocycles. The molecule has 1 saturated heterocycles. The Morgan fingerprint density at radius 2 is 2.08 bits per heavy atom. The molecule has 7 nitrogen and oxygen atoms in total. The fourth-order valence-corrected chi connectivity index (χ4v) is 6.51. The van der Waals surface area contributed by atoms with E-state index in [2.05, 4.69) is 15.2 Å². The van der Waals surface area contributed by atoms with Crippen LogP contribution in [0.4, 0.5) is 0 Å². The number of H-pyrrole nitrogens is 1. The van der Waals surface area contributed by atoms with Crippen molar-refractivity contribution >= 4 is 27.5 Å². The normalized spacial score (nSPS) is 24.0. The number of hydrogen-bond donors (Lipinski definition) is 1. The van der Waals surface area contributed by atoms with Gasteiger partial charge in [-0.1, -0.05) is 37.4 Å². The van der Waals surface area contributed by atoms with Gasteiger partial charge in [-0.3, -0.25) is 9.89 Å². The van der Waals surface area contributed by atoms with Crippen LogP contribution in [-0.4, -0.2) is 63.7 Å². The molecule has 1 aliphatic heterocycles. The summed E-state index contributed by atoms with van der Waals surface area (Å²) in [5.74, 6) is 1.81. The lowest BCUT2D eigenvalue weighted by atomic mass is 10.0. The molecule has 0 aromatic carbocycles. The molecule has 2 aliphatic rings. The summed E-state index contributed by atoms with van der Waals surface area (Å²) in [6.07, 6.45) is 6.58. The van der Waals surface area contributed by atoms with E-state index in [9.17, 15) is 13.2 Å². The number of carbonyl (C=O) groups is 1. The molecular weight excluding hydrogens is 372 g/mol. The molecule has 9 heteroatoms. The van der Waals surface area contributed by atoms with Gasteiger partial charge in [-0.15, -0.1) is 5.10 Å². The zero-order valence-electron chi connectivity index (χ0n) is 15.5. The lowest BCUT2D eigenvalue weighted by Crippen LogP contribution is -2.44. The average molecular weight is 401 g/mol. The van der Waals surface area contributed by atoms with Crippen LogP contribution in [0.25, 0.3) is 0 Å². The minimum Gasteiger partial charge on any atom is -0.338 e. The van der Waals surface area contributed by atoms with E-state index in [-0.39, 0.29) is 28.7 Å². The molecule has 0 bridgehead atoms. The molecule has 0 radical (unpaired) electrons. The molecule has 2 unspecified atom stereocenters. The number of hydrogen-bond acceptors (Lipinski definition) is 6. The maximum absolute atomic E-state index is 12.8. The van der Waals surface area contributed by atoms with Crippen LogP contribution in [0.5, 0.6) is 0 Å². The zero-order valence-corrected chi connectivity index (χ0v) is 17.1. The standard InChI is InChI=1S/C17H28N4O3S2/c1-3-21(14-8-9-26(23,24)11-14)16(22)12(2)25-17-18-15(19-20-17)10-13-6-4-5-7-13/h12-14H,3-11H2,1-2H3,(H,18,19,20). The first-order valence-electron chi connectivity index (χ1n) is 9.47. The van der Waals surface area contributed by atoms with Gasteiger partial charge in [0.2, 0.25) is 11.1 Å².